The molecule has 2 aromatic rings. The Morgan fingerprint density at radius 2 is 1.97 bits per heavy atom. The van der Waals surface area contributed by atoms with Gasteiger partial charge in [-0.15, -0.1) is 17.9 Å². The van der Waals surface area contributed by atoms with Gasteiger partial charge in [0.05, 0.1) is 4.88 Å². The summed E-state index contributed by atoms with van der Waals surface area (Å²) in [5, 5.41) is 3.58. The molecule has 1 aliphatic heterocycles. The van der Waals surface area contributed by atoms with Crippen molar-refractivity contribution in [3.05, 3.63) is 69.7 Å². The first kappa shape index (κ1) is 27.8. The number of carbonyl (C=O) groups is 1. The molecule has 0 spiro atoms. The molecule has 0 saturated carbocycles. The molecular weight excluding hydrogens is 447 g/mol. The molecule has 0 bridgehead atoms. The molecule has 186 valence electrons. The summed E-state index contributed by atoms with van der Waals surface area (Å²) in [4.78, 5) is 13.5. The minimum absolute atomic E-state index is 0.218. The van der Waals surface area contributed by atoms with Crippen LogP contribution in [-0.4, -0.2) is 19.1 Å². The predicted octanol–water partition coefficient (Wildman–Crippen LogP) is 7.35. The van der Waals surface area contributed by atoms with Gasteiger partial charge in [0.1, 0.15) is 5.82 Å². The molecule has 3 N–H and O–H groups in total. The van der Waals surface area contributed by atoms with Crippen molar-refractivity contribution < 1.29 is 13.9 Å². The van der Waals surface area contributed by atoms with Gasteiger partial charge in [-0.2, -0.15) is 0 Å². The summed E-state index contributed by atoms with van der Waals surface area (Å²) in [7, 11) is 0. The Morgan fingerprint density at radius 3 is 2.59 bits per heavy atom. The molecule has 4 nitrogen and oxygen atoms in total. The van der Waals surface area contributed by atoms with Crippen LogP contribution < -0.4 is 11.1 Å². The van der Waals surface area contributed by atoms with Gasteiger partial charge in [-0.1, -0.05) is 38.8 Å². The number of halogens is 1. The number of nitrogens with one attached hydrogen (secondary N) is 1. The Bertz CT molecular complexity index is 961. The van der Waals surface area contributed by atoms with E-state index in [1.165, 1.54) is 17.4 Å². The van der Waals surface area contributed by atoms with E-state index in [1.54, 1.807) is 12.1 Å². The molecular formula is C28H39FN2O2S. The van der Waals surface area contributed by atoms with Gasteiger partial charge in [0.25, 0.3) is 5.91 Å². The summed E-state index contributed by atoms with van der Waals surface area (Å²) in [6.07, 6.45) is 10.5. The summed E-state index contributed by atoms with van der Waals surface area (Å²) >= 11 is 1.47. The zero-order valence-corrected chi connectivity index (χ0v) is 21.6. The topological polar surface area (TPSA) is 64.3 Å². The molecule has 0 unspecified atom stereocenters. The monoisotopic (exact) mass is 486 g/mol. The lowest BCUT2D eigenvalue weighted by molar-refractivity contribution is 0.0665. The Morgan fingerprint density at radius 1 is 1.26 bits per heavy atom. The minimum atomic E-state index is -0.398. The number of ether oxygens (including phenoxy) is 1. The van der Waals surface area contributed by atoms with Crippen molar-refractivity contribution in [3.63, 3.8) is 0 Å². The zero-order valence-electron chi connectivity index (χ0n) is 20.8. The third-order valence-electron chi connectivity index (χ3n) is 5.64. The number of amides is 1. The van der Waals surface area contributed by atoms with Gasteiger partial charge < -0.3 is 15.8 Å². The van der Waals surface area contributed by atoms with E-state index in [1.807, 2.05) is 19.1 Å². The molecule has 0 radical (unpaired) electrons. The second kappa shape index (κ2) is 14.7. The molecule has 6 heteroatoms. The molecule has 1 aromatic carbocycles. The van der Waals surface area contributed by atoms with Crippen LogP contribution in [-0.2, 0) is 17.6 Å². The van der Waals surface area contributed by atoms with Gasteiger partial charge in [0.2, 0.25) is 0 Å². The fourth-order valence-electron chi connectivity index (χ4n) is 3.97. The summed E-state index contributed by atoms with van der Waals surface area (Å²) in [5.74, 6) is -0.118. The first-order valence-electron chi connectivity index (χ1n) is 12.3. The third-order valence-corrected chi connectivity index (χ3v) is 6.85. The van der Waals surface area contributed by atoms with Crippen molar-refractivity contribution in [2.24, 2.45) is 11.7 Å². The third kappa shape index (κ3) is 8.41. The van der Waals surface area contributed by atoms with E-state index in [0.29, 0.717) is 10.8 Å². The number of benzene rings is 1. The Kier molecular flexibility index (Phi) is 12.1. The standard InChI is InChI=1S/C25H33FN2O2S.C3H6/c1-3-5-7-22(20-16-24(25(27)29)31-23(20)6-4-2)28-21-9-8-19(26)15-18(21)14-17-10-12-30-13-11-17;1-3-2/h7-9,15-17,28H,3-6,10-14H2,1-2H3,(H2,27,29);3H,1H2,2H3/b22-7+;. The van der Waals surface area contributed by atoms with Crippen LogP contribution in [0.1, 0.15) is 78.6 Å². The molecule has 1 aliphatic rings. The van der Waals surface area contributed by atoms with Gasteiger partial charge in [0, 0.05) is 35.0 Å². The lowest BCUT2D eigenvalue weighted by atomic mass is 9.91. The van der Waals surface area contributed by atoms with E-state index in [0.717, 1.165) is 85.5 Å². The molecule has 1 fully saturated rings. The normalized spacial score (nSPS) is 14.3. The van der Waals surface area contributed by atoms with E-state index < -0.39 is 5.91 Å². The number of anilines is 1. The lowest BCUT2D eigenvalue weighted by Gasteiger charge is -2.24. The number of allylic oxidation sites excluding steroid dienone is 2. The number of hydrogen-bond donors (Lipinski definition) is 2. The van der Waals surface area contributed by atoms with Gasteiger partial charge in [-0.25, -0.2) is 4.39 Å². The molecule has 0 atom stereocenters. The van der Waals surface area contributed by atoms with E-state index >= 15 is 0 Å². The highest BCUT2D eigenvalue weighted by Crippen LogP contribution is 2.33. The number of unbranched alkanes of at least 4 members (excludes halogenated alkanes) is 1. The highest BCUT2D eigenvalue weighted by Gasteiger charge is 2.19. The van der Waals surface area contributed by atoms with Crippen LogP contribution in [0.5, 0.6) is 0 Å². The summed E-state index contributed by atoms with van der Waals surface area (Å²) in [6, 6.07) is 6.87. The first-order valence-corrected chi connectivity index (χ1v) is 13.1. The van der Waals surface area contributed by atoms with Crippen molar-refractivity contribution in [1.29, 1.82) is 0 Å². The maximum atomic E-state index is 14.1. The number of nitrogens with two attached hydrogens (primary N) is 1. The van der Waals surface area contributed by atoms with Crippen LogP contribution in [0.4, 0.5) is 10.1 Å². The molecule has 1 aromatic heterocycles. The zero-order chi connectivity index (χ0) is 24.9. The molecule has 1 saturated heterocycles. The van der Waals surface area contributed by atoms with Crippen LogP contribution in [0, 0.1) is 11.7 Å². The number of rotatable bonds is 10. The first-order chi connectivity index (χ1) is 16.4. The van der Waals surface area contributed by atoms with Crippen LogP contribution in [0.25, 0.3) is 5.70 Å². The minimum Gasteiger partial charge on any atom is -0.381 e. The Balaban J connectivity index is 0.00000129. The maximum Gasteiger partial charge on any atom is 0.258 e. The number of thiophene rings is 1. The lowest BCUT2D eigenvalue weighted by Crippen LogP contribution is -2.18. The molecule has 1 amide bonds. The van der Waals surface area contributed by atoms with Gasteiger partial charge in [-0.3, -0.25) is 4.79 Å². The van der Waals surface area contributed by atoms with Crippen molar-refractivity contribution in [2.45, 2.75) is 65.7 Å². The average molecular weight is 487 g/mol. The average Bonchev–Trinajstić information content (AvgIpc) is 3.24. The van der Waals surface area contributed by atoms with E-state index in [4.69, 9.17) is 10.5 Å². The van der Waals surface area contributed by atoms with Crippen LogP contribution in [0.15, 0.2) is 43.0 Å². The SMILES string of the molecule is C=CC.CCC/C=C(/Nc1ccc(F)cc1CC1CCOCC1)c1cc(C(N)=O)sc1CCC. The van der Waals surface area contributed by atoms with E-state index in [-0.39, 0.29) is 5.82 Å². The molecule has 2 heterocycles. The molecule has 3 rings (SSSR count). The van der Waals surface area contributed by atoms with Crippen molar-refractivity contribution in [3.8, 4) is 0 Å². The van der Waals surface area contributed by atoms with Crippen molar-refractivity contribution >= 4 is 28.6 Å². The number of hydrogen-bond acceptors (Lipinski definition) is 4. The van der Waals surface area contributed by atoms with Gasteiger partial charge in [0.15, 0.2) is 0 Å². The fourth-order valence-corrected chi connectivity index (χ4v) is 5.10. The number of primary amides is 1. The van der Waals surface area contributed by atoms with Gasteiger partial charge >= 0.3 is 0 Å². The predicted molar refractivity (Wildman–Crippen MR) is 143 cm³/mol. The largest absolute Gasteiger partial charge is 0.381 e. The van der Waals surface area contributed by atoms with Crippen LogP contribution in [0.2, 0.25) is 0 Å². The maximum absolute atomic E-state index is 14.1. The quantitative estimate of drug-likeness (QED) is 0.345. The van der Waals surface area contributed by atoms with Crippen molar-refractivity contribution in [2.75, 3.05) is 18.5 Å². The number of aryl methyl sites for hydroxylation is 1. The second-order valence-corrected chi connectivity index (χ2v) is 9.70. The summed E-state index contributed by atoms with van der Waals surface area (Å²) in [6.45, 7) is 11.1. The fraction of sp³-hybridized carbons (Fsp3) is 0.464. The Hall–Kier alpha value is -2.44. The second-order valence-electron chi connectivity index (χ2n) is 8.56. The van der Waals surface area contributed by atoms with Gasteiger partial charge in [-0.05, 0) is 74.8 Å². The van der Waals surface area contributed by atoms with E-state index in [9.17, 15) is 9.18 Å². The highest BCUT2D eigenvalue weighted by atomic mass is 32.1. The highest BCUT2D eigenvalue weighted by molar-refractivity contribution is 7.14. The summed E-state index contributed by atoms with van der Waals surface area (Å²) < 4.78 is 19.6. The Labute approximate surface area is 208 Å². The van der Waals surface area contributed by atoms with E-state index in [2.05, 4.69) is 31.8 Å². The summed E-state index contributed by atoms with van der Waals surface area (Å²) in [5.41, 5.74) is 9.46. The molecule has 34 heavy (non-hydrogen) atoms. The van der Waals surface area contributed by atoms with Crippen LogP contribution in [0.3, 0.4) is 0 Å². The smallest absolute Gasteiger partial charge is 0.258 e. The van der Waals surface area contributed by atoms with Crippen LogP contribution >= 0.6 is 11.3 Å². The number of carbonyl (C=O) groups excluding carboxylic acids is 1. The van der Waals surface area contributed by atoms with Crippen molar-refractivity contribution in [1.82, 2.24) is 0 Å². The molecule has 0 aliphatic carbocycles.